The predicted molar refractivity (Wildman–Crippen MR) is 147 cm³/mol. The molecule has 0 bridgehead atoms. The molecule has 0 saturated heterocycles. The number of anilines is 1. The van der Waals surface area contributed by atoms with Gasteiger partial charge in [-0.15, -0.1) is 0 Å². The lowest BCUT2D eigenvalue weighted by atomic mass is 10.1. The molecular weight excluding hydrogens is 486 g/mol. The number of carbonyl (C=O) groups is 1. The second kappa shape index (κ2) is 10.1. The lowest BCUT2D eigenvalue weighted by Crippen LogP contribution is -2.24. The molecule has 1 amide bonds. The lowest BCUT2D eigenvalue weighted by Gasteiger charge is -2.13. The van der Waals surface area contributed by atoms with Gasteiger partial charge in [-0.05, 0) is 55.0 Å². The molecule has 1 aromatic heterocycles. The van der Waals surface area contributed by atoms with E-state index >= 15 is 0 Å². The van der Waals surface area contributed by atoms with E-state index in [4.69, 9.17) is 4.74 Å². The highest BCUT2D eigenvalue weighted by molar-refractivity contribution is 7.89. The molecule has 0 unspecified atom stereocenters. The Kier molecular flexibility index (Phi) is 6.69. The van der Waals surface area contributed by atoms with E-state index in [1.807, 2.05) is 60.7 Å². The highest BCUT2D eigenvalue weighted by Gasteiger charge is 2.22. The summed E-state index contributed by atoms with van der Waals surface area (Å²) < 4.78 is 36.3. The van der Waals surface area contributed by atoms with E-state index in [0.29, 0.717) is 5.69 Å². The van der Waals surface area contributed by atoms with Crippen molar-refractivity contribution in [2.24, 2.45) is 0 Å². The average molecular weight is 514 g/mol. The number of ether oxygens (including phenoxy) is 1. The molecule has 5 rings (SSSR count). The molecule has 5 aromatic rings. The number of methoxy groups -OCH3 is 1. The van der Waals surface area contributed by atoms with Gasteiger partial charge in [0.1, 0.15) is 10.6 Å². The van der Waals surface area contributed by atoms with Gasteiger partial charge >= 0.3 is 0 Å². The van der Waals surface area contributed by atoms with E-state index in [2.05, 4.69) is 33.7 Å². The number of aryl methyl sites for hydroxylation is 1. The van der Waals surface area contributed by atoms with E-state index in [-0.39, 0.29) is 22.8 Å². The van der Waals surface area contributed by atoms with E-state index < -0.39 is 15.9 Å². The van der Waals surface area contributed by atoms with Crippen LogP contribution in [0.25, 0.3) is 21.8 Å². The molecule has 4 aromatic carbocycles. The molecule has 0 spiro atoms. The van der Waals surface area contributed by atoms with Crippen molar-refractivity contribution in [2.75, 3.05) is 12.4 Å². The Balaban J connectivity index is 1.43. The smallest absolute Gasteiger partial charge is 0.255 e. The number of carbonyl (C=O) groups excluding carboxylic acids is 1. The van der Waals surface area contributed by atoms with Crippen LogP contribution in [-0.2, 0) is 23.1 Å². The second-order valence-corrected chi connectivity index (χ2v) is 10.4. The molecule has 0 aliphatic rings. The normalized spacial score (nSPS) is 11.6. The average Bonchev–Trinajstić information content (AvgIpc) is 3.25. The van der Waals surface area contributed by atoms with Crippen molar-refractivity contribution in [3.8, 4) is 5.75 Å². The van der Waals surface area contributed by atoms with Gasteiger partial charge in [0.05, 0.1) is 7.11 Å². The van der Waals surface area contributed by atoms with Crippen LogP contribution in [0.3, 0.4) is 0 Å². The maximum Gasteiger partial charge on any atom is 0.255 e. The fourth-order valence-corrected chi connectivity index (χ4v) is 5.77. The first-order valence-electron chi connectivity index (χ1n) is 11.9. The summed E-state index contributed by atoms with van der Waals surface area (Å²) in [6.07, 6.45) is 0. The number of aromatic nitrogens is 1. The number of hydrogen-bond acceptors (Lipinski definition) is 4. The molecule has 0 saturated carbocycles. The zero-order valence-corrected chi connectivity index (χ0v) is 21.4. The molecule has 1 heterocycles. The summed E-state index contributed by atoms with van der Waals surface area (Å²) in [5.74, 6) is -0.258. The summed E-state index contributed by atoms with van der Waals surface area (Å²) in [5, 5.41) is 5.06. The van der Waals surface area contributed by atoms with Crippen LogP contribution in [0.1, 0.15) is 22.8 Å². The van der Waals surface area contributed by atoms with E-state index in [0.717, 1.165) is 33.9 Å². The number of nitrogens with one attached hydrogen (secondary N) is 2. The largest absolute Gasteiger partial charge is 0.495 e. The van der Waals surface area contributed by atoms with E-state index in [9.17, 15) is 13.2 Å². The maximum atomic E-state index is 13.2. The molecule has 2 N–H and O–H groups in total. The number of para-hydroxylation sites is 1. The molecule has 0 atom stereocenters. The van der Waals surface area contributed by atoms with Crippen molar-refractivity contribution in [2.45, 2.75) is 24.9 Å². The SMILES string of the molecule is CCn1c2ccccc2c2cc(NC(=O)c3ccc(OC)c(S(=O)(=O)NCc4ccccc4)c3)ccc21. The van der Waals surface area contributed by atoms with Crippen LogP contribution in [-0.4, -0.2) is 26.0 Å². The van der Waals surface area contributed by atoms with Gasteiger partial charge in [0, 0.05) is 46.1 Å². The number of amides is 1. The quantitative estimate of drug-likeness (QED) is 0.285. The van der Waals surface area contributed by atoms with Crippen LogP contribution in [0.2, 0.25) is 0 Å². The zero-order chi connectivity index (χ0) is 26.0. The fourth-order valence-electron chi connectivity index (χ4n) is 4.56. The fraction of sp³-hybridized carbons (Fsp3) is 0.138. The number of rotatable bonds is 8. The Bertz CT molecular complexity index is 1710. The summed E-state index contributed by atoms with van der Waals surface area (Å²) in [6.45, 7) is 3.05. The number of nitrogens with zero attached hydrogens (tertiary/aromatic N) is 1. The standard InChI is InChI=1S/C29H27N3O4S/c1-3-32-25-12-8-7-11-23(25)24-18-22(14-15-26(24)32)31-29(33)21-13-16-27(36-2)28(17-21)37(34,35)30-19-20-9-5-4-6-10-20/h4-18,30H,3,19H2,1-2H3,(H,31,33). The van der Waals surface area contributed by atoms with Gasteiger partial charge < -0.3 is 14.6 Å². The van der Waals surface area contributed by atoms with Gasteiger partial charge in [-0.25, -0.2) is 13.1 Å². The third-order valence-corrected chi connectivity index (χ3v) is 7.79. The Morgan fingerprint density at radius 2 is 1.59 bits per heavy atom. The van der Waals surface area contributed by atoms with Crippen LogP contribution in [0, 0.1) is 0 Å². The van der Waals surface area contributed by atoms with Crippen molar-refractivity contribution < 1.29 is 17.9 Å². The summed E-state index contributed by atoms with van der Waals surface area (Å²) in [6, 6.07) is 27.5. The molecular formula is C29H27N3O4S. The Hall–Kier alpha value is -4.14. The summed E-state index contributed by atoms with van der Waals surface area (Å²) in [7, 11) is -2.55. The van der Waals surface area contributed by atoms with Gasteiger partial charge in [-0.3, -0.25) is 4.79 Å². The second-order valence-electron chi connectivity index (χ2n) is 8.62. The minimum atomic E-state index is -3.94. The molecule has 0 radical (unpaired) electrons. The van der Waals surface area contributed by atoms with E-state index in [1.54, 1.807) is 6.07 Å². The zero-order valence-electron chi connectivity index (χ0n) is 20.6. The van der Waals surface area contributed by atoms with Crippen molar-refractivity contribution in [3.63, 3.8) is 0 Å². The van der Waals surface area contributed by atoms with Crippen LogP contribution in [0.4, 0.5) is 5.69 Å². The van der Waals surface area contributed by atoms with Crippen molar-refractivity contribution in [1.82, 2.24) is 9.29 Å². The molecule has 8 heteroatoms. The summed E-state index contributed by atoms with van der Waals surface area (Å²) >= 11 is 0. The molecule has 0 fully saturated rings. The molecule has 188 valence electrons. The molecule has 0 aliphatic carbocycles. The number of hydrogen-bond donors (Lipinski definition) is 2. The molecule has 7 nitrogen and oxygen atoms in total. The van der Waals surface area contributed by atoms with Gasteiger partial charge in [0.15, 0.2) is 0 Å². The predicted octanol–water partition coefficient (Wildman–Crippen LogP) is 5.55. The minimum absolute atomic E-state index is 0.0972. The van der Waals surface area contributed by atoms with Crippen LogP contribution in [0.5, 0.6) is 5.75 Å². The van der Waals surface area contributed by atoms with Crippen molar-refractivity contribution >= 4 is 43.4 Å². The topological polar surface area (TPSA) is 89.4 Å². The Morgan fingerprint density at radius 1 is 0.865 bits per heavy atom. The van der Waals surface area contributed by atoms with Gasteiger partial charge in [0.25, 0.3) is 5.91 Å². The first-order valence-corrected chi connectivity index (χ1v) is 13.4. The van der Waals surface area contributed by atoms with E-state index in [1.165, 1.54) is 19.2 Å². The third kappa shape index (κ3) is 4.81. The highest BCUT2D eigenvalue weighted by atomic mass is 32.2. The molecule has 37 heavy (non-hydrogen) atoms. The monoisotopic (exact) mass is 513 g/mol. The number of sulfonamides is 1. The lowest BCUT2D eigenvalue weighted by molar-refractivity contribution is 0.102. The van der Waals surface area contributed by atoms with Gasteiger partial charge in [-0.1, -0.05) is 48.5 Å². The van der Waals surface area contributed by atoms with Crippen LogP contribution in [0.15, 0.2) is 95.9 Å². The number of fused-ring (bicyclic) bond motifs is 3. The van der Waals surface area contributed by atoms with Gasteiger partial charge in [0.2, 0.25) is 10.0 Å². The van der Waals surface area contributed by atoms with Crippen molar-refractivity contribution in [1.29, 1.82) is 0 Å². The minimum Gasteiger partial charge on any atom is -0.495 e. The van der Waals surface area contributed by atoms with Crippen LogP contribution >= 0.6 is 0 Å². The molecule has 0 aliphatic heterocycles. The number of benzene rings is 4. The third-order valence-electron chi connectivity index (χ3n) is 6.37. The highest BCUT2D eigenvalue weighted by Crippen LogP contribution is 2.31. The Labute approximate surface area is 215 Å². The first kappa shape index (κ1) is 24.5. The van der Waals surface area contributed by atoms with Crippen molar-refractivity contribution in [3.05, 3.63) is 102 Å². The Morgan fingerprint density at radius 3 is 2.35 bits per heavy atom. The first-order chi connectivity index (χ1) is 17.9. The van der Waals surface area contributed by atoms with Crippen LogP contribution < -0.4 is 14.8 Å². The van der Waals surface area contributed by atoms with Gasteiger partial charge in [-0.2, -0.15) is 0 Å². The maximum absolute atomic E-state index is 13.2. The summed E-state index contributed by atoms with van der Waals surface area (Å²) in [4.78, 5) is 13.1. The summed E-state index contributed by atoms with van der Waals surface area (Å²) in [5.41, 5.74) is 3.87.